The van der Waals surface area contributed by atoms with E-state index in [9.17, 15) is 0 Å². The molecule has 0 aliphatic rings. The van der Waals surface area contributed by atoms with Gasteiger partial charge in [-0.2, -0.15) is 0 Å². The molecule has 0 aliphatic carbocycles. The molecular formula is C12H12BrN3O. The standard InChI is InChI=1S/C12H12BrN3O/c1-17-10-2-3-11(14)12(5-10)16-9-4-8(13)6-15-7-9/h2-7,16H,14H2,1H3. The van der Waals surface area contributed by atoms with Crippen LogP contribution in [-0.4, -0.2) is 12.1 Å². The molecule has 88 valence electrons. The Balaban J connectivity index is 2.29. The highest BCUT2D eigenvalue weighted by Crippen LogP contribution is 2.28. The van der Waals surface area contributed by atoms with E-state index in [-0.39, 0.29) is 0 Å². The number of nitrogens with one attached hydrogen (secondary N) is 1. The van der Waals surface area contributed by atoms with Crippen molar-refractivity contribution in [3.63, 3.8) is 0 Å². The summed E-state index contributed by atoms with van der Waals surface area (Å²) in [5.41, 5.74) is 8.19. The fourth-order valence-electron chi connectivity index (χ4n) is 1.41. The van der Waals surface area contributed by atoms with Crippen LogP contribution in [0.3, 0.4) is 0 Å². The molecule has 0 spiro atoms. The van der Waals surface area contributed by atoms with Crippen LogP contribution >= 0.6 is 15.9 Å². The predicted octanol–water partition coefficient (Wildman–Crippen LogP) is 3.18. The van der Waals surface area contributed by atoms with Gasteiger partial charge in [0, 0.05) is 16.7 Å². The number of nitrogen functional groups attached to an aromatic ring is 1. The van der Waals surface area contributed by atoms with Gasteiger partial charge in [-0.3, -0.25) is 4.98 Å². The highest BCUT2D eigenvalue weighted by atomic mass is 79.9. The molecule has 0 fully saturated rings. The average Bonchev–Trinajstić information content (AvgIpc) is 2.32. The number of halogens is 1. The Bertz CT molecular complexity index is 531. The minimum absolute atomic E-state index is 0.658. The number of methoxy groups -OCH3 is 1. The maximum atomic E-state index is 5.88. The lowest BCUT2D eigenvalue weighted by Crippen LogP contribution is -1.97. The van der Waals surface area contributed by atoms with Gasteiger partial charge in [0.2, 0.25) is 0 Å². The molecule has 0 unspecified atom stereocenters. The van der Waals surface area contributed by atoms with Crippen molar-refractivity contribution in [3.05, 3.63) is 41.1 Å². The number of hydrogen-bond donors (Lipinski definition) is 2. The number of nitrogens with two attached hydrogens (primary N) is 1. The number of rotatable bonds is 3. The molecule has 4 nitrogen and oxygen atoms in total. The van der Waals surface area contributed by atoms with Crippen LogP contribution in [0.1, 0.15) is 0 Å². The van der Waals surface area contributed by atoms with Gasteiger partial charge >= 0.3 is 0 Å². The molecule has 0 saturated heterocycles. The molecule has 0 atom stereocenters. The van der Waals surface area contributed by atoms with Gasteiger partial charge in [-0.1, -0.05) is 0 Å². The third kappa shape index (κ3) is 2.88. The van der Waals surface area contributed by atoms with Crippen molar-refractivity contribution < 1.29 is 4.74 Å². The first-order valence-corrected chi connectivity index (χ1v) is 5.79. The van der Waals surface area contributed by atoms with E-state index in [4.69, 9.17) is 10.5 Å². The zero-order chi connectivity index (χ0) is 12.3. The summed E-state index contributed by atoms with van der Waals surface area (Å²) in [7, 11) is 1.62. The summed E-state index contributed by atoms with van der Waals surface area (Å²) in [6.45, 7) is 0. The van der Waals surface area contributed by atoms with Crippen molar-refractivity contribution in [2.24, 2.45) is 0 Å². The highest BCUT2D eigenvalue weighted by molar-refractivity contribution is 9.10. The summed E-state index contributed by atoms with van der Waals surface area (Å²) in [4.78, 5) is 4.07. The summed E-state index contributed by atoms with van der Waals surface area (Å²) in [6.07, 6.45) is 3.45. The quantitative estimate of drug-likeness (QED) is 0.854. The van der Waals surface area contributed by atoms with E-state index in [1.807, 2.05) is 18.2 Å². The van der Waals surface area contributed by atoms with Gasteiger partial charge in [-0.05, 0) is 34.1 Å². The normalized spacial score (nSPS) is 10.0. The van der Waals surface area contributed by atoms with Crippen LogP contribution in [0.2, 0.25) is 0 Å². The minimum Gasteiger partial charge on any atom is -0.497 e. The van der Waals surface area contributed by atoms with Crippen molar-refractivity contribution >= 4 is 33.0 Å². The topological polar surface area (TPSA) is 60.2 Å². The first-order valence-electron chi connectivity index (χ1n) is 5.00. The third-order valence-electron chi connectivity index (χ3n) is 2.24. The van der Waals surface area contributed by atoms with E-state index in [1.165, 1.54) is 0 Å². The van der Waals surface area contributed by atoms with Crippen LogP contribution < -0.4 is 15.8 Å². The second kappa shape index (κ2) is 5.05. The number of benzene rings is 1. The summed E-state index contributed by atoms with van der Waals surface area (Å²) < 4.78 is 6.06. The fraction of sp³-hybridized carbons (Fsp3) is 0.0833. The van der Waals surface area contributed by atoms with Gasteiger partial charge in [0.25, 0.3) is 0 Å². The van der Waals surface area contributed by atoms with Crippen LogP contribution in [0.25, 0.3) is 0 Å². The molecule has 1 aromatic heterocycles. The number of ether oxygens (including phenoxy) is 1. The number of pyridine rings is 1. The molecule has 1 heterocycles. The highest BCUT2D eigenvalue weighted by Gasteiger charge is 2.02. The Morgan fingerprint density at radius 1 is 1.29 bits per heavy atom. The molecule has 0 amide bonds. The van der Waals surface area contributed by atoms with Crippen molar-refractivity contribution in [1.29, 1.82) is 0 Å². The molecule has 5 heteroatoms. The van der Waals surface area contributed by atoms with E-state index in [0.717, 1.165) is 21.6 Å². The molecule has 17 heavy (non-hydrogen) atoms. The zero-order valence-electron chi connectivity index (χ0n) is 9.27. The number of aromatic nitrogens is 1. The molecule has 2 rings (SSSR count). The minimum atomic E-state index is 0.658. The summed E-state index contributed by atoms with van der Waals surface area (Å²) in [5, 5.41) is 3.19. The van der Waals surface area contributed by atoms with E-state index in [1.54, 1.807) is 25.6 Å². The summed E-state index contributed by atoms with van der Waals surface area (Å²) in [5.74, 6) is 0.754. The van der Waals surface area contributed by atoms with Gasteiger partial charge in [0.15, 0.2) is 0 Å². The van der Waals surface area contributed by atoms with Crippen molar-refractivity contribution in [1.82, 2.24) is 4.98 Å². The number of hydrogen-bond acceptors (Lipinski definition) is 4. The van der Waals surface area contributed by atoms with Gasteiger partial charge in [-0.25, -0.2) is 0 Å². The van der Waals surface area contributed by atoms with E-state index in [0.29, 0.717) is 5.69 Å². The van der Waals surface area contributed by atoms with Crippen LogP contribution in [-0.2, 0) is 0 Å². The molecular weight excluding hydrogens is 282 g/mol. The lowest BCUT2D eigenvalue weighted by atomic mass is 10.2. The summed E-state index contributed by atoms with van der Waals surface area (Å²) in [6, 6.07) is 7.38. The van der Waals surface area contributed by atoms with Crippen LogP contribution in [0.4, 0.5) is 17.1 Å². The Labute approximate surface area is 108 Å². The second-order valence-corrected chi connectivity index (χ2v) is 4.39. The van der Waals surface area contributed by atoms with Crippen LogP contribution in [0.15, 0.2) is 41.1 Å². The SMILES string of the molecule is COc1ccc(N)c(Nc2cncc(Br)c2)c1. The second-order valence-electron chi connectivity index (χ2n) is 3.47. The Hall–Kier alpha value is -1.75. The lowest BCUT2D eigenvalue weighted by molar-refractivity contribution is 0.415. The van der Waals surface area contributed by atoms with Crippen LogP contribution in [0.5, 0.6) is 5.75 Å². The Morgan fingerprint density at radius 2 is 2.12 bits per heavy atom. The van der Waals surface area contributed by atoms with Crippen LogP contribution in [0, 0.1) is 0 Å². The van der Waals surface area contributed by atoms with Gasteiger partial charge in [0.05, 0.1) is 30.4 Å². The van der Waals surface area contributed by atoms with E-state index >= 15 is 0 Å². The Kier molecular flexibility index (Phi) is 3.49. The summed E-state index contributed by atoms with van der Waals surface area (Å²) >= 11 is 3.36. The predicted molar refractivity (Wildman–Crippen MR) is 72.6 cm³/mol. The van der Waals surface area contributed by atoms with E-state index in [2.05, 4.69) is 26.2 Å². The maximum absolute atomic E-state index is 5.88. The maximum Gasteiger partial charge on any atom is 0.121 e. The first-order chi connectivity index (χ1) is 8.19. The molecule has 0 radical (unpaired) electrons. The largest absolute Gasteiger partial charge is 0.497 e. The van der Waals surface area contributed by atoms with Crippen molar-refractivity contribution in [2.75, 3.05) is 18.2 Å². The third-order valence-corrected chi connectivity index (χ3v) is 2.68. The number of nitrogens with zero attached hydrogens (tertiary/aromatic N) is 1. The molecule has 0 saturated carbocycles. The van der Waals surface area contributed by atoms with Gasteiger partial charge in [-0.15, -0.1) is 0 Å². The smallest absolute Gasteiger partial charge is 0.121 e. The molecule has 0 bridgehead atoms. The molecule has 2 aromatic rings. The molecule has 0 aliphatic heterocycles. The zero-order valence-corrected chi connectivity index (χ0v) is 10.9. The first kappa shape index (κ1) is 11.7. The van der Waals surface area contributed by atoms with Gasteiger partial charge < -0.3 is 15.8 Å². The number of anilines is 3. The Morgan fingerprint density at radius 3 is 2.82 bits per heavy atom. The average molecular weight is 294 g/mol. The fourth-order valence-corrected chi connectivity index (χ4v) is 1.77. The van der Waals surface area contributed by atoms with Crippen molar-refractivity contribution in [2.45, 2.75) is 0 Å². The van der Waals surface area contributed by atoms with Gasteiger partial charge in [0.1, 0.15) is 5.75 Å². The van der Waals surface area contributed by atoms with E-state index < -0.39 is 0 Å². The lowest BCUT2D eigenvalue weighted by Gasteiger charge is -2.10. The monoisotopic (exact) mass is 293 g/mol. The van der Waals surface area contributed by atoms with Crippen molar-refractivity contribution in [3.8, 4) is 5.75 Å². The molecule has 1 aromatic carbocycles. The molecule has 3 N–H and O–H groups in total.